The minimum atomic E-state index is -0.0494. The van der Waals surface area contributed by atoms with Gasteiger partial charge in [0.15, 0.2) is 0 Å². The van der Waals surface area contributed by atoms with Gasteiger partial charge in [0.05, 0.1) is 6.33 Å². The van der Waals surface area contributed by atoms with Gasteiger partial charge in [-0.15, -0.1) is 0 Å². The topological polar surface area (TPSA) is 61.0 Å². The summed E-state index contributed by atoms with van der Waals surface area (Å²) in [6.07, 6.45) is 6.62. The second-order valence-electron chi connectivity index (χ2n) is 6.16. The molecule has 1 aromatic carbocycles. The van der Waals surface area contributed by atoms with Crippen LogP contribution in [-0.4, -0.2) is 34.0 Å². The minimum Gasteiger partial charge on any atom is -0.348 e. The van der Waals surface area contributed by atoms with Crippen molar-refractivity contribution in [1.29, 1.82) is 0 Å². The highest BCUT2D eigenvalue weighted by atomic mass is 35.5. The quantitative estimate of drug-likeness (QED) is 0.896. The molecule has 23 heavy (non-hydrogen) atoms. The molecule has 1 fully saturated rings. The van der Waals surface area contributed by atoms with E-state index in [2.05, 4.69) is 15.3 Å². The predicted octanol–water partition coefficient (Wildman–Crippen LogP) is 3.86. The van der Waals surface area contributed by atoms with Gasteiger partial charge in [-0.1, -0.05) is 11.6 Å². The van der Waals surface area contributed by atoms with E-state index in [0.717, 1.165) is 43.6 Å². The van der Waals surface area contributed by atoms with Crippen molar-refractivity contribution in [2.75, 3.05) is 18.4 Å². The van der Waals surface area contributed by atoms with Crippen LogP contribution in [0.1, 0.15) is 24.1 Å². The van der Waals surface area contributed by atoms with Gasteiger partial charge in [0.1, 0.15) is 0 Å². The molecule has 0 saturated carbocycles. The highest BCUT2D eigenvalue weighted by Gasteiger charge is 2.23. The van der Waals surface area contributed by atoms with Gasteiger partial charge in [-0.05, 0) is 55.9 Å². The molecule has 2 amide bonds. The molecule has 1 aromatic heterocycles. The number of H-pyrrole nitrogens is 1. The number of aryl methyl sites for hydroxylation is 1. The van der Waals surface area contributed by atoms with E-state index in [1.807, 2.05) is 30.2 Å². The van der Waals surface area contributed by atoms with Crippen LogP contribution in [-0.2, 0) is 6.42 Å². The summed E-state index contributed by atoms with van der Waals surface area (Å²) in [6, 6.07) is 5.52. The minimum absolute atomic E-state index is 0.0494. The number of hydrogen-bond donors (Lipinski definition) is 2. The van der Waals surface area contributed by atoms with Crippen LogP contribution in [0.15, 0.2) is 30.7 Å². The van der Waals surface area contributed by atoms with Crippen molar-refractivity contribution in [3.05, 3.63) is 47.0 Å². The molecule has 6 heteroatoms. The summed E-state index contributed by atoms with van der Waals surface area (Å²) in [6.45, 7) is 3.52. The fourth-order valence-corrected chi connectivity index (χ4v) is 3.35. The predicted molar refractivity (Wildman–Crippen MR) is 91.8 cm³/mol. The molecular formula is C17H21ClN4O. The first-order chi connectivity index (χ1) is 11.1. The van der Waals surface area contributed by atoms with Gasteiger partial charge in [-0.25, -0.2) is 9.78 Å². The Morgan fingerprint density at radius 3 is 2.83 bits per heavy atom. The molecule has 2 N–H and O–H groups in total. The van der Waals surface area contributed by atoms with Crippen molar-refractivity contribution in [2.45, 2.75) is 26.2 Å². The molecule has 0 bridgehead atoms. The van der Waals surface area contributed by atoms with Crippen LogP contribution < -0.4 is 5.32 Å². The van der Waals surface area contributed by atoms with Gasteiger partial charge in [-0.3, -0.25) is 0 Å². The van der Waals surface area contributed by atoms with Gasteiger partial charge in [0.2, 0.25) is 0 Å². The Balaban J connectivity index is 1.51. The number of piperidine rings is 1. The second-order valence-corrected chi connectivity index (χ2v) is 6.60. The number of hydrogen-bond acceptors (Lipinski definition) is 2. The SMILES string of the molecule is Cc1cc(Cl)cc(NC(=O)N2CCC(Cc3cnc[nH]3)CC2)c1. The number of aromatic nitrogens is 2. The number of benzene rings is 1. The Morgan fingerprint density at radius 1 is 1.39 bits per heavy atom. The zero-order valence-corrected chi connectivity index (χ0v) is 13.9. The van der Waals surface area contributed by atoms with Crippen LogP contribution in [0.4, 0.5) is 10.5 Å². The number of imidazole rings is 1. The van der Waals surface area contributed by atoms with Crippen LogP contribution in [0.5, 0.6) is 0 Å². The summed E-state index contributed by atoms with van der Waals surface area (Å²) in [5.41, 5.74) is 2.95. The number of nitrogens with one attached hydrogen (secondary N) is 2. The number of carbonyl (C=O) groups excluding carboxylic acids is 1. The average molecular weight is 333 g/mol. The fourth-order valence-electron chi connectivity index (χ4n) is 3.06. The van der Waals surface area contributed by atoms with Crippen molar-refractivity contribution >= 4 is 23.3 Å². The molecule has 0 atom stereocenters. The van der Waals surface area contributed by atoms with Crippen molar-refractivity contribution in [3.63, 3.8) is 0 Å². The number of amides is 2. The van der Waals surface area contributed by atoms with Gasteiger partial charge in [-0.2, -0.15) is 0 Å². The summed E-state index contributed by atoms with van der Waals surface area (Å²) >= 11 is 6.03. The number of halogens is 1. The first-order valence-corrected chi connectivity index (χ1v) is 8.28. The third kappa shape index (κ3) is 4.26. The summed E-state index contributed by atoms with van der Waals surface area (Å²) in [7, 11) is 0. The highest BCUT2D eigenvalue weighted by molar-refractivity contribution is 6.31. The standard InChI is InChI=1S/C17H21ClN4O/c1-12-6-14(18)9-15(7-12)21-17(23)22-4-2-13(3-5-22)8-16-10-19-11-20-16/h6-7,9-11,13H,2-5,8H2,1H3,(H,19,20)(H,21,23). The number of urea groups is 1. The van der Waals surface area contributed by atoms with Crippen molar-refractivity contribution in [2.24, 2.45) is 5.92 Å². The number of rotatable bonds is 3. The molecule has 0 aliphatic carbocycles. The Kier molecular flexibility index (Phi) is 4.86. The lowest BCUT2D eigenvalue weighted by Gasteiger charge is -2.31. The number of likely N-dealkylation sites (tertiary alicyclic amines) is 1. The maximum absolute atomic E-state index is 12.4. The van der Waals surface area contributed by atoms with Crippen LogP contribution in [0.2, 0.25) is 5.02 Å². The average Bonchev–Trinajstić information content (AvgIpc) is 3.00. The summed E-state index contributed by atoms with van der Waals surface area (Å²) in [5, 5.41) is 3.58. The maximum Gasteiger partial charge on any atom is 0.321 e. The first kappa shape index (κ1) is 15.9. The third-order valence-corrected chi connectivity index (χ3v) is 4.48. The molecule has 0 radical (unpaired) electrons. The molecule has 0 spiro atoms. The summed E-state index contributed by atoms with van der Waals surface area (Å²) in [5.74, 6) is 0.605. The van der Waals surface area contributed by atoms with E-state index in [-0.39, 0.29) is 6.03 Å². The van der Waals surface area contributed by atoms with Gasteiger partial charge < -0.3 is 15.2 Å². The van der Waals surface area contributed by atoms with E-state index in [0.29, 0.717) is 10.9 Å². The largest absolute Gasteiger partial charge is 0.348 e. The highest BCUT2D eigenvalue weighted by Crippen LogP contribution is 2.23. The lowest BCUT2D eigenvalue weighted by molar-refractivity contribution is 0.182. The van der Waals surface area contributed by atoms with Crippen molar-refractivity contribution < 1.29 is 4.79 Å². The molecule has 2 heterocycles. The Morgan fingerprint density at radius 2 is 2.17 bits per heavy atom. The monoisotopic (exact) mass is 332 g/mol. The van der Waals surface area contributed by atoms with Crippen LogP contribution in [0.25, 0.3) is 0 Å². The number of aromatic amines is 1. The van der Waals surface area contributed by atoms with Crippen molar-refractivity contribution in [3.8, 4) is 0 Å². The number of nitrogens with zero attached hydrogens (tertiary/aromatic N) is 2. The van der Waals surface area contributed by atoms with E-state index in [9.17, 15) is 4.79 Å². The van der Waals surface area contributed by atoms with E-state index >= 15 is 0 Å². The van der Waals surface area contributed by atoms with E-state index in [1.165, 1.54) is 5.69 Å². The van der Waals surface area contributed by atoms with E-state index in [1.54, 1.807) is 12.4 Å². The number of anilines is 1. The van der Waals surface area contributed by atoms with Crippen LogP contribution in [0, 0.1) is 12.8 Å². The Bertz CT molecular complexity index is 643. The lowest BCUT2D eigenvalue weighted by Crippen LogP contribution is -2.41. The van der Waals surface area contributed by atoms with Crippen LogP contribution >= 0.6 is 11.6 Å². The normalized spacial score (nSPS) is 15.7. The van der Waals surface area contributed by atoms with Gasteiger partial charge in [0.25, 0.3) is 0 Å². The smallest absolute Gasteiger partial charge is 0.321 e. The molecule has 3 rings (SSSR count). The number of carbonyl (C=O) groups is 1. The molecule has 5 nitrogen and oxygen atoms in total. The maximum atomic E-state index is 12.4. The molecule has 1 aliphatic heterocycles. The summed E-state index contributed by atoms with van der Waals surface area (Å²) in [4.78, 5) is 21.4. The third-order valence-electron chi connectivity index (χ3n) is 4.26. The lowest BCUT2D eigenvalue weighted by atomic mass is 9.92. The zero-order valence-electron chi connectivity index (χ0n) is 13.2. The molecular weight excluding hydrogens is 312 g/mol. The molecule has 1 aliphatic rings. The van der Waals surface area contributed by atoms with Crippen molar-refractivity contribution in [1.82, 2.24) is 14.9 Å². The Labute approximate surface area is 141 Å². The van der Waals surface area contributed by atoms with E-state index in [4.69, 9.17) is 11.6 Å². The summed E-state index contributed by atoms with van der Waals surface area (Å²) < 4.78 is 0. The molecule has 0 unspecified atom stereocenters. The first-order valence-electron chi connectivity index (χ1n) is 7.90. The van der Waals surface area contributed by atoms with E-state index < -0.39 is 0 Å². The van der Waals surface area contributed by atoms with Gasteiger partial charge in [0, 0.05) is 35.7 Å². The zero-order chi connectivity index (χ0) is 16.2. The van der Waals surface area contributed by atoms with Crippen LogP contribution in [0.3, 0.4) is 0 Å². The molecule has 2 aromatic rings. The second kappa shape index (κ2) is 7.04. The fraction of sp³-hybridized carbons (Fsp3) is 0.412. The molecule has 122 valence electrons. The van der Waals surface area contributed by atoms with Gasteiger partial charge >= 0.3 is 6.03 Å². The Hall–Kier alpha value is -2.01. The molecule has 1 saturated heterocycles.